The second kappa shape index (κ2) is 4.71. The quantitative estimate of drug-likeness (QED) is 0.688. The van der Waals surface area contributed by atoms with Gasteiger partial charge in [-0.05, 0) is 30.2 Å². The molecule has 82 valence electrons. The van der Waals surface area contributed by atoms with Crippen LogP contribution in [0.2, 0.25) is 0 Å². The number of hydrogen-bond acceptors (Lipinski definition) is 2. The molecule has 2 rings (SSSR count). The first-order valence-corrected chi connectivity index (χ1v) is 5.36. The zero-order valence-electron chi connectivity index (χ0n) is 9.26. The summed E-state index contributed by atoms with van der Waals surface area (Å²) in [6, 6.07) is 6.17. The summed E-state index contributed by atoms with van der Waals surface area (Å²) in [6.07, 6.45) is 1.07. The van der Waals surface area contributed by atoms with Gasteiger partial charge in [-0.15, -0.1) is 0 Å². The molecule has 0 aromatic heterocycles. The molecule has 0 bridgehead atoms. The van der Waals surface area contributed by atoms with Crippen LogP contribution < -0.4 is 10.6 Å². The van der Waals surface area contributed by atoms with Gasteiger partial charge in [-0.1, -0.05) is 11.8 Å². The van der Waals surface area contributed by atoms with Crippen LogP contribution >= 0.6 is 0 Å². The SMILES string of the molecule is CC(=O)NCC#Cc1ccc2c(c1)CCN2. The highest BCUT2D eigenvalue weighted by Gasteiger charge is 2.08. The van der Waals surface area contributed by atoms with Gasteiger partial charge in [0.25, 0.3) is 0 Å². The molecule has 0 atom stereocenters. The molecule has 1 aromatic carbocycles. The van der Waals surface area contributed by atoms with E-state index in [0.717, 1.165) is 18.5 Å². The molecule has 0 spiro atoms. The Morgan fingerprint density at radius 2 is 2.44 bits per heavy atom. The van der Waals surface area contributed by atoms with Gasteiger partial charge in [-0.2, -0.15) is 0 Å². The van der Waals surface area contributed by atoms with Gasteiger partial charge in [0.05, 0.1) is 6.54 Å². The Morgan fingerprint density at radius 1 is 1.56 bits per heavy atom. The number of fused-ring (bicyclic) bond motifs is 1. The molecular formula is C13H14N2O. The highest BCUT2D eigenvalue weighted by molar-refractivity contribution is 5.73. The van der Waals surface area contributed by atoms with Gasteiger partial charge in [-0.25, -0.2) is 0 Å². The van der Waals surface area contributed by atoms with Crippen molar-refractivity contribution in [1.82, 2.24) is 5.32 Å². The van der Waals surface area contributed by atoms with Crippen molar-refractivity contribution in [3.8, 4) is 11.8 Å². The Hall–Kier alpha value is -1.95. The first-order chi connectivity index (χ1) is 7.75. The van der Waals surface area contributed by atoms with Crippen molar-refractivity contribution in [3.63, 3.8) is 0 Å². The average molecular weight is 214 g/mol. The van der Waals surface area contributed by atoms with Gasteiger partial charge in [0.1, 0.15) is 0 Å². The maximum atomic E-state index is 10.6. The van der Waals surface area contributed by atoms with Crippen LogP contribution in [0.4, 0.5) is 5.69 Å². The standard InChI is InChI=1S/C13H14N2O/c1-10(16)14-7-2-3-11-4-5-13-12(9-11)6-8-15-13/h4-5,9,15H,6-8H2,1H3,(H,14,16). The van der Waals surface area contributed by atoms with Gasteiger partial charge in [0.2, 0.25) is 5.91 Å². The van der Waals surface area contributed by atoms with Crippen molar-refractivity contribution in [1.29, 1.82) is 0 Å². The minimum Gasteiger partial charge on any atom is -0.384 e. The van der Waals surface area contributed by atoms with E-state index in [1.54, 1.807) is 0 Å². The molecule has 1 amide bonds. The molecule has 0 radical (unpaired) electrons. The number of carbonyl (C=O) groups is 1. The molecule has 1 aliphatic rings. The number of amides is 1. The fraction of sp³-hybridized carbons (Fsp3) is 0.308. The predicted octanol–water partition coefficient (Wildman–Crippen LogP) is 1.14. The summed E-state index contributed by atoms with van der Waals surface area (Å²) in [4.78, 5) is 10.6. The summed E-state index contributed by atoms with van der Waals surface area (Å²) >= 11 is 0. The third-order valence-electron chi connectivity index (χ3n) is 2.47. The van der Waals surface area contributed by atoms with Gasteiger partial charge in [-0.3, -0.25) is 4.79 Å². The zero-order chi connectivity index (χ0) is 11.4. The van der Waals surface area contributed by atoms with Crippen LogP contribution in [0.5, 0.6) is 0 Å². The fourth-order valence-electron chi connectivity index (χ4n) is 1.70. The van der Waals surface area contributed by atoms with E-state index in [9.17, 15) is 4.79 Å². The van der Waals surface area contributed by atoms with Crippen LogP contribution in [0.3, 0.4) is 0 Å². The van der Waals surface area contributed by atoms with Crippen molar-refractivity contribution < 1.29 is 4.79 Å². The van der Waals surface area contributed by atoms with Crippen LogP contribution in [0.25, 0.3) is 0 Å². The summed E-state index contributed by atoms with van der Waals surface area (Å²) in [6.45, 7) is 2.91. The number of carbonyl (C=O) groups excluding carboxylic acids is 1. The molecule has 0 unspecified atom stereocenters. The lowest BCUT2D eigenvalue weighted by Crippen LogP contribution is -2.19. The molecule has 1 heterocycles. The lowest BCUT2D eigenvalue weighted by molar-refractivity contribution is -0.118. The normalized spacial score (nSPS) is 12.1. The molecule has 0 fully saturated rings. The van der Waals surface area contributed by atoms with Crippen molar-refractivity contribution in [2.45, 2.75) is 13.3 Å². The van der Waals surface area contributed by atoms with Gasteiger partial charge in [0.15, 0.2) is 0 Å². The van der Waals surface area contributed by atoms with E-state index < -0.39 is 0 Å². The van der Waals surface area contributed by atoms with E-state index in [1.165, 1.54) is 18.2 Å². The van der Waals surface area contributed by atoms with Crippen molar-refractivity contribution in [2.75, 3.05) is 18.4 Å². The molecule has 0 saturated heterocycles. The summed E-state index contributed by atoms with van der Waals surface area (Å²) < 4.78 is 0. The van der Waals surface area contributed by atoms with Gasteiger partial charge in [0, 0.05) is 24.7 Å². The molecule has 3 nitrogen and oxygen atoms in total. The van der Waals surface area contributed by atoms with E-state index in [0.29, 0.717) is 6.54 Å². The Balaban J connectivity index is 2.02. The summed E-state index contributed by atoms with van der Waals surface area (Å²) in [5, 5.41) is 5.95. The maximum absolute atomic E-state index is 10.6. The lowest BCUT2D eigenvalue weighted by Gasteiger charge is -1.98. The summed E-state index contributed by atoms with van der Waals surface area (Å²) in [7, 11) is 0. The number of hydrogen-bond donors (Lipinski definition) is 2. The molecule has 0 aliphatic carbocycles. The monoisotopic (exact) mass is 214 g/mol. The molecular weight excluding hydrogens is 200 g/mol. The van der Waals surface area contributed by atoms with E-state index in [2.05, 4.69) is 34.6 Å². The summed E-state index contributed by atoms with van der Waals surface area (Å²) in [5.74, 6) is 5.91. The number of nitrogens with one attached hydrogen (secondary N) is 2. The first-order valence-electron chi connectivity index (χ1n) is 5.36. The number of rotatable bonds is 1. The van der Waals surface area contributed by atoms with E-state index in [4.69, 9.17) is 0 Å². The Labute approximate surface area is 95.2 Å². The van der Waals surface area contributed by atoms with Crippen LogP contribution in [-0.4, -0.2) is 19.0 Å². The molecule has 1 aromatic rings. The first kappa shape index (κ1) is 10.6. The van der Waals surface area contributed by atoms with Crippen LogP contribution in [-0.2, 0) is 11.2 Å². The Kier molecular flexibility index (Phi) is 3.11. The second-order valence-corrected chi connectivity index (χ2v) is 3.76. The van der Waals surface area contributed by atoms with E-state index in [-0.39, 0.29) is 5.91 Å². The highest BCUT2D eigenvalue weighted by atomic mass is 16.1. The number of benzene rings is 1. The van der Waals surface area contributed by atoms with Crippen molar-refractivity contribution in [3.05, 3.63) is 29.3 Å². The van der Waals surface area contributed by atoms with Crippen molar-refractivity contribution >= 4 is 11.6 Å². The molecule has 16 heavy (non-hydrogen) atoms. The van der Waals surface area contributed by atoms with Gasteiger partial charge >= 0.3 is 0 Å². The third kappa shape index (κ3) is 2.54. The zero-order valence-corrected chi connectivity index (χ0v) is 9.26. The smallest absolute Gasteiger partial charge is 0.217 e. The third-order valence-corrected chi connectivity index (χ3v) is 2.47. The van der Waals surface area contributed by atoms with E-state index in [1.807, 2.05) is 6.07 Å². The topological polar surface area (TPSA) is 41.1 Å². The molecule has 3 heteroatoms. The predicted molar refractivity (Wildman–Crippen MR) is 64.2 cm³/mol. The van der Waals surface area contributed by atoms with E-state index >= 15 is 0 Å². The minimum atomic E-state index is -0.0487. The fourth-order valence-corrected chi connectivity index (χ4v) is 1.70. The minimum absolute atomic E-state index is 0.0487. The number of anilines is 1. The summed E-state index contributed by atoms with van der Waals surface area (Å²) in [5.41, 5.74) is 3.55. The van der Waals surface area contributed by atoms with Crippen LogP contribution in [0.15, 0.2) is 18.2 Å². The Bertz CT molecular complexity index is 469. The Morgan fingerprint density at radius 3 is 3.25 bits per heavy atom. The lowest BCUT2D eigenvalue weighted by atomic mass is 10.1. The van der Waals surface area contributed by atoms with Crippen LogP contribution in [0, 0.1) is 11.8 Å². The molecule has 0 saturated carbocycles. The van der Waals surface area contributed by atoms with Gasteiger partial charge < -0.3 is 10.6 Å². The largest absolute Gasteiger partial charge is 0.384 e. The average Bonchev–Trinajstić information content (AvgIpc) is 2.71. The highest BCUT2D eigenvalue weighted by Crippen LogP contribution is 2.22. The van der Waals surface area contributed by atoms with Crippen LogP contribution in [0.1, 0.15) is 18.1 Å². The molecule has 2 N–H and O–H groups in total. The second-order valence-electron chi connectivity index (χ2n) is 3.76. The maximum Gasteiger partial charge on any atom is 0.217 e. The van der Waals surface area contributed by atoms with Crippen molar-refractivity contribution in [2.24, 2.45) is 0 Å². The molecule has 1 aliphatic heterocycles.